The van der Waals surface area contributed by atoms with E-state index in [1.165, 1.54) is 10.5 Å². The molecule has 6 nitrogen and oxygen atoms in total. The third-order valence-electron chi connectivity index (χ3n) is 3.23. The van der Waals surface area contributed by atoms with Crippen LogP contribution in [0.3, 0.4) is 0 Å². The molecule has 2 rings (SSSR count). The summed E-state index contributed by atoms with van der Waals surface area (Å²) in [5, 5.41) is 0. The third kappa shape index (κ3) is 4.70. The van der Waals surface area contributed by atoms with Gasteiger partial charge in [0.1, 0.15) is 5.82 Å². The first-order chi connectivity index (χ1) is 10.1. The Bertz CT molecular complexity index is 626. The molecule has 2 heterocycles. The summed E-state index contributed by atoms with van der Waals surface area (Å²) in [4.78, 5) is 4.03. The molecule has 0 spiro atoms. The molecule has 0 radical (unpaired) electrons. The van der Waals surface area contributed by atoms with Crippen molar-refractivity contribution in [3.63, 3.8) is 0 Å². The summed E-state index contributed by atoms with van der Waals surface area (Å²) in [6, 6.07) is 3.32. The predicted molar refractivity (Wildman–Crippen MR) is 82.8 cm³/mol. The molecule has 0 saturated carbocycles. The zero-order valence-electron chi connectivity index (χ0n) is 11.9. The van der Waals surface area contributed by atoms with Crippen molar-refractivity contribution in [1.29, 1.82) is 0 Å². The Labute approximate surface area is 125 Å². The molecule has 0 amide bonds. The van der Waals surface area contributed by atoms with E-state index in [-0.39, 0.29) is 12.4 Å². The summed E-state index contributed by atoms with van der Waals surface area (Å²) in [7, 11) is -3.55. The topological polar surface area (TPSA) is 88.3 Å². The van der Waals surface area contributed by atoms with E-state index in [2.05, 4.69) is 21.5 Å². The Morgan fingerprint density at radius 1 is 1.29 bits per heavy atom. The zero-order chi connectivity index (χ0) is 15.1. The van der Waals surface area contributed by atoms with Crippen LogP contribution in [0.25, 0.3) is 0 Å². The predicted octanol–water partition coefficient (Wildman–Crippen LogP) is 0.924. The maximum atomic E-state index is 12.4. The number of hydrogen-bond acceptors (Lipinski definition) is 4. The second-order valence-electron chi connectivity index (χ2n) is 4.86. The second kappa shape index (κ2) is 7.41. The van der Waals surface area contributed by atoms with Gasteiger partial charge in [-0.15, -0.1) is 0 Å². The zero-order valence-corrected chi connectivity index (χ0v) is 12.7. The minimum Gasteiger partial charge on any atom is -0.320 e. The SMILES string of the molecule is NCC#Cc1ccnc(NS(=O)(=O)N2CCCCCC2)c1. The molecular weight excluding hydrogens is 288 g/mol. The first-order valence-corrected chi connectivity index (χ1v) is 8.49. The molecule has 3 N–H and O–H groups in total. The van der Waals surface area contributed by atoms with Crippen LogP contribution < -0.4 is 10.5 Å². The van der Waals surface area contributed by atoms with Crippen LogP contribution in [-0.4, -0.2) is 37.3 Å². The Morgan fingerprint density at radius 3 is 2.67 bits per heavy atom. The van der Waals surface area contributed by atoms with Crippen LogP contribution in [0.1, 0.15) is 31.2 Å². The van der Waals surface area contributed by atoms with Gasteiger partial charge < -0.3 is 5.73 Å². The first kappa shape index (κ1) is 15.8. The molecule has 1 aromatic heterocycles. The number of pyridine rings is 1. The number of rotatable bonds is 3. The quantitative estimate of drug-likeness (QED) is 0.813. The van der Waals surface area contributed by atoms with Crippen LogP contribution in [0.2, 0.25) is 0 Å². The van der Waals surface area contributed by atoms with Crippen LogP contribution in [0, 0.1) is 11.8 Å². The van der Waals surface area contributed by atoms with Gasteiger partial charge in [0, 0.05) is 24.8 Å². The number of nitrogens with zero attached hydrogens (tertiary/aromatic N) is 2. The largest absolute Gasteiger partial charge is 0.320 e. The highest BCUT2D eigenvalue weighted by molar-refractivity contribution is 7.90. The number of nitrogens with one attached hydrogen (secondary N) is 1. The van der Waals surface area contributed by atoms with Gasteiger partial charge in [-0.3, -0.25) is 4.72 Å². The molecule has 0 aliphatic carbocycles. The van der Waals surface area contributed by atoms with Gasteiger partial charge in [0.2, 0.25) is 0 Å². The molecular formula is C14H20N4O2S. The van der Waals surface area contributed by atoms with Gasteiger partial charge in [-0.05, 0) is 25.0 Å². The third-order valence-corrected chi connectivity index (χ3v) is 4.75. The summed E-state index contributed by atoms with van der Waals surface area (Å²) in [6.45, 7) is 1.38. The smallest absolute Gasteiger partial charge is 0.302 e. The van der Waals surface area contributed by atoms with Crippen molar-refractivity contribution < 1.29 is 8.42 Å². The van der Waals surface area contributed by atoms with Crippen LogP contribution in [0.5, 0.6) is 0 Å². The molecule has 1 aromatic rings. The fraction of sp³-hybridized carbons (Fsp3) is 0.500. The monoisotopic (exact) mass is 308 g/mol. The fourth-order valence-electron chi connectivity index (χ4n) is 2.20. The average Bonchev–Trinajstić information content (AvgIpc) is 2.74. The highest BCUT2D eigenvalue weighted by atomic mass is 32.2. The van der Waals surface area contributed by atoms with Crippen LogP contribution in [0.15, 0.2) is 18.3 Å². The van der Waals surface area contributed by atoms with E-state index < -0.39 is 10.2 Å². The summed E-state index contributed by atoms with van der Waals surface area (Å²) in [5.41, 5.74) is 6.01. The Balaban J connectivity index is 2.12. The van der Waals surface area contributed by atoms with Gasteiger partial charge in [-0.25, -0.2) is 4.98 Å². The lowest BCUT2D eigenvalue weighted by atomic mass is 10.2. The molecule has 0 atom stereocenters. The molecule has 1 saturated heterocycles. The number of anilines is 1. The number of nitrogens with two attached hydrogens (primary N) is 1. The molecule has 0 aromatic carbocycles. The van der Waals surface area contributed by atoms with Gasteiger partial charge in [-0.2, -0.15) is 12.7 Å². The lowest BCUT2D eigenvalue weighted by Gasteiger charge is -2.20. The summed E-state index contributed by atoms with van der Waals surface area (Å²) in [6.07, 6.45) is 5.48. The molecule has 0 unspecified atom stereocenters. The molecule has 1 aliphatic heterocycles. The lowest BCUT2D eigenvalue weighted by molar-refractivity contribution is 0.427. The minimum atomic E-state index is -3.55. The summed E-state index contributed by atoms with van der Waals surface area (Å²) < 4.78 is 28.7. The molecule has 21 heavy (non-hydrogen) atoms. The Morgan fingerprint density at radius 2 is 2.00 bits per heavy atom. The first-order valence-electron chi connectivity index (χ1n) is 7.05. The summed E-state index contributed by atoms with van der Waals surface area (Å²) in [5.74, 6) is 5.87. The van der Waals surface area contributed by atoms with Crippen molar-refractivity contribution in [2.75, 3.05) is 24.4 Å². The van der Waals surface area contributed by atoms with E-state index in [9.17, 15) is 8.42 Å². The Kier molecular flexibility index (Phi) is 5.56. The molecule has 1 aliphatic rings. The van der Waals surface area contributed by atoms with Gasteiger partial charge in [0.15, 0.2) is 0 Å². The van der Waals surface area contributed by atoms with Crippen molar-refractivity contribution in [2.45, 2.75) is 25.7 Å². The van der Waals surface area contributed by atoms with Crippen molar-refractivity contribution in [1.82, 2.24) is 9.29 Å². The second-order valence-corrected chi connectivity index (χ2v) is 6.53. The van der Waals surface area contributed by atoms with Crippen molar-refractivity contribution in [3.8, 4) is 11.8 Å². The number of hydrogen-bond donors (Lipinski definition) is 2. The van der Waals surface area contributed by atoms with Gasteiger partial charge in [0.05, 0.1) is 6.54 Å². The summed E-state index contributed by atoms with van der Waals surface area (Å²) >= 11 is 0. The average molecular weight is 308 g/mol. The van der Waals surface area contributed by atoms with Gasteiger partial charge in [-0.1, -0.05) is 24.7 Å². The van der Waals surface area contributed by atoms with Crippen molar-refractivity contribution >= 4 is 16.0 Å². The molecule has 0 bridgehead atoms. The highest BCUT2D eigenvalue weighted by Gasteiger charge is 2.23. The van der Waals surface area contributed by atoms with E-state index in [1.54, 1.807) is 12.1 Å². The van der Waals surface area contributed by atoms with Crippen molar-refractivity contribution in [3.05, 3.63) is 23.9 Å². The highest BCUT2D eigenvalue weighted by Crippen LogP contribution is 2.15. The van der Waals surface area contributed by atoms with Gasteiger partial charge in [0.25, 0.3) is 0 Å². The van der Waals surface area contributed by atoms with E-state index in [0.29, 0.717) is 18.7 Å². The molecule has 114 valence electrons. The lowest BCUT2D eigenvalue weighted by Crippen LogP contribution is -2.36. The van der Waals surface area contributed by atoms with E-state index in [0.717, 1.165) is 25.7 Å². The maximum absolute atomic E-state index is 12.4. The van der Waals surface area contributed by atoms with Crippen molar-refractivity contribution in [2.24, 2.45) is 5.73 Å². The van der Waals surface area contributed by atoms with Crippen LogP contribution in [0.4, 0.5) is 5.82 Å². The standard InChI is InChI=1S/C14H20N4O2S/c15-8-5-6-13-7-9-16-14(12-13)17-21(19,20)18-10-3-1-2-4-11-18/h7,9,12H,1-4,8,10-11,15H2,(H,16,17). The molecule has 1 fully saturated rings. The molecule has 7 heteroatoms. The maximum Gasteiger partial charge on any atom is 0.302 e. The van der Waals surface area contributed by atoms with Crippen LogP contribution in [-0.2, 0) is 10.2 Å². The normalized spacial score (nSPS) is 16.6. The van der Waals surface area contributed by atoms with E-state index in [4.69, 9.17) is 5.73 Å². The number of aromatic nitrogens is 1. The van der Waals surface area contributed by atoms with E-state index in [1.807, 2.05) is 0 Å². The van der Waals surface area contributed by atoms with Crippen LogP contribution >= 0.6 is 0 Å². The van der Waals surface area contributed by atoms with Gasteiger partial charge >= 0.3 is 10.2 Å². The minimum absolute atomic E-state index is 0.261. The van der Waals surface area contributed by atoms with E-state index >= 15 is 0 Å². The fourth-order valence-corrected chi connectivity index (χ4v) is 3.44. The Hall–Kier alpha value is -1.62.